The highest BCUT2D eigenvalue weighted by Gasteiger charge is 2.42. The lowest BCUT2D eigenvalue weighted by molar-refractivity contribution is -0.00711. The highest BCUT2D eigenvalue weighted by atomic mass is 16.5. The fraction of sp³-hybridized carbons (Fsp3) is 0.938. The molecule has 0 bridgehead atoms. The van der Waals surface area contributed by atoms with E-state index in [1.165, 1.54) is 12.8 Å². The molecule has 3 unspecified atom stereocenters. The summed E-state index contributed by atoms with van der Waals surface area (Å²) in [4.78, 5) is 2.56. The molecule has 2 rings (SSSR count). The second-order valence-electron chi connectivity index (χ2n) is 6.60. The maximum Gasteiger partial charge on any atom is 0.108 e. The standard InChI is InChI=1S/C16H29N3O/c1-4-20-15-6-5-9-19(11-15)14-7-8-16(10-14,12-17)18-13(2)3/h13-15,18H,4-11H2,1-3H3. The molecular weight excluding hydrogens is 250 g/mol. The Morgan fingerprint density at radius 3 is 2.90 bits per heavy atom. The predicted octanol–water partition coefficient (Wildman–Crippen LogP) is 2.30. The summed E-state index contributed by atoms with van der Waals surface area (Å²) >= 11 is 0. The minimum atomic E-state index is -0.308. The molecule has 1 N–H and O–H groups in total. The maximum absolute atomic E-state index is 9.56. The maximum atomic E-state index is 9.56. The van der Waals surface area contributed by atoms with Gasteiger partial charge in [-0.05, 0) is 59.4 Å². The zero-order valence-corrected chi connectivity index (χ0v) is 13.2. The summed E-state index contributed by atoms with van der Waals surface area (Å²) in [5.41, 5.74) is -0.308. The minimum absolute atomic E-state index is 0.308. The summed E-state index contributed by atoms with van der Waals surface area (Å²) in [6.07, 6.45) is 5.86. The van der Waals surface area contributed by atoms with E-state index in [0.29, 0.717) is 18.2 Å². The molecular formula is C16H29N3O. The molecule has 2 aliphatic rings. The van der Waals surface area contributed by atoms with Gasteiger partial charge in [0, 0.05) is 25.2 Å². The zero-order chi connectivity index (χ0) is 14.6. The van der Waals surface area contributed by atoms with E-state index < -0.39 is 0 Å². The topological polar surface area (TPSA) is 48.3 Å². The monoisotopic (exact) mass is 279 g/mol. The first-order chi connectivity index (χ1) is 9.58. The zero-order valence-electron chi connectivity index (χ0n) is 13.2. The molecule has 4 heteroatoms. The second kappa shape index (κ2) is 6.89. The van der Waals surface area contributed by atoms with Gasteiger partial charge in [0.25, 0.3) is 0 Å². The molecule has 3 atom stereocenters. The summed E-state index contributed by atoms with van der Waals surface area (Å²) < 4.78 is 5.79. The molecule has 0 radical (unpaired) electrons. The summed E-state index contributed by atoms with van der Waals surface area (Å²) in [7, 11) is 0. The van der Waals surface area contributed by atoms with Crippen LogP contribution in [0.4, 0.5) is 0 Å². The fourth-order valence-corrected chi connectivity index (χ4v) is 3.82. The number of nitrogens with zero attached hydrogens (tertiary/aromatic N) is 2. The Labute approximate surface area is 123 Å². The molecule has 2 fully saturated rings. The van der Waals surface area contributed by atoms with Gasteiger partial charge in [-0.3, -0.25) is 10.2 Å². The molecule has 114 valence electrons. The summed E-state index contributed by atoms with van der Waals surface area (Å²) in [5.74, 6) is 0. The number of piperidine rings is 1. The molecule has 1 aliphatic heterocycles. The number of hydrogen-bond acceptors (Lipinski definition) is 4. The van der Waals surface area contributed by atoms with Crippen LogP contribution in [0.15, 0.2) is 0 Å². The van der Waals surface area contributed by atoms with Crippen molar-refractivity contribution in [1.82, 2.24) is 10.2 Å². The van der Waals surface area contributed by atoms with Gasteiger partial charge in [-0.25, -0.2) is 0 Å². The van der Waals surface area contributed by atoms with Crippen molar-refractivity contribution in [3.8, 4) is 6.07 Å². The predicted molar refractivity (Wildman–Crippen MR) is 80.5 cm³/mol. The molecule has 4 nitrogen and oxygen atoms in total. The van der Waals surface area contributed by atoms with E-state index in [2.05, 4.69) is 37.1 Å². The van der Waals surface area contributed by atoms with Crippen LogP contribution in [-0.2, 0) is 4.74 Å². The van der Waals surface area contributed by atoms with Crippen molar-refractivity contribution in [2.24, 2.45) is 0 Å². The van der Waals surface area contributed by atoms with E-state index in [1.807, 2.05) is 0 Å². The van der Waals surface area contributed by atoms with Crippen LogP contribution in [-0.4, -0.2) is 48.3 Å². The average Bonchev–Trinajstić information content (AvgIpc) is 2.83. The smallest absolute Gasteiger partial charge is 0.108 e. The highest BCUT2D eigenvalue weighted by Crippen LogP contribution is 2.34. The molecule has 0 amide bonds. The normalized spacial score (nSPS) is 35.4. The van der Waals surface area contributed by atoms with E-state index >= 15 is 0 Å². The van der Waals surface area contributed by atoms with Crippen molar-refractivity contribution >= 4 is 0 Å². The van der Waals surface area contributed by atoms with Gasteiger partial charge in [0.2, 0.25) is 0 Å². The third kappa shape index (κ3) is 3.72. The summed E-state index contributed by atoms with van der Waals surface area (Å²) in [6.45, 7) is 9.33. The molecule has 1 aliphatic carbocycles. The van der Waals surface area contributed by atoms with Crippen LogP contribution in [0, 0.1) is 11.3 Å². The van der Waals surface area contributed by atoms with Gasteiger partial charge in [-0.1, -0.05) is 0 Å². The Kier molecular flexibility index (Phi) is 5.42. The summed E-state index contributed by atoms with van der Waals surface area (Å²) in [5, 5.41) is 13.1. The lowest BCUT2D eigenvalue weighted by Gasteiger charge is -2.37. The minimum Gasteiger partial charge on any atom is -0.377 e. The Morgan fingerprint density at radius 1 is 1.45 bits per heavy atom. The summed E-state index contributed by atoms with van der Waals surface area (Å²) in [6, 6.07) is 3.46. The molecule has 0 aromatic rings. The molecule has 1 saturated heterocycles. The molecule has 0 aromatic carbocycles. The number of likely N-dealkylation sites (tertiary alicyclic amines) is 1. The first-order valence-corrected chi connectivity index (χ1v) is 8.13. The van der Waals surface area contributed by atoms with E-state index in [-0.39, 0.29) is 5.54 Å². The number of rotatable bonds is 5. The van der Waals surface area contributed by atoms with Crippen LogP contribution in [0.25, 0.3) is 0 Å². The van der Waals surface area contributed by atoms with E-state index in [9.17, 15) is 5.26 Å². The van der Waals surface area contributed by atoms with Gasteiger partial charge >= 0.3 is 0 Å². The first kappa shape index (κ1) is 15.8. The van der Waals surface area contributed by atoms with Gasteiger partial charge in [0.05, 0.1) is 12.2 Å². The van der Waals surface area contributed by atoms with Gasteiger partial charge < -0.3 is 4.74 Å². The van der Waals surface area contributed by atoms with Crippen molar-refractivity contribution in [3.63, 3.8) is 0 Å². The van der Waals surface area contributed by atoms with Crippen LogP contribution < -0.4 is 5.32 Å². The molecule has 1 heterocycles. The molecule has 0 spiro atoms. The lowest BCUT2D eigenvalue weighted by Crippen LogP contribution is -2.49. The van der Waals surface area contributed by atoms with Crippen molar-refractivity contribution < 1.29 is 4.74 Å². The van der Waals surface area contributed by atoms with E-state index in [0.717, 1.165) is 39.0 Å². The van der Waals surface area contributed by atoms with Gasteiger partial charge in [-0.2, -0.15) is 5.26 Å². The first-order valence-electron chi connectivity index (χ1n) is 8.13. The van der Waals surface area contributed by atoms with Gasteiger partial charge in [-0.15, -0.1) is 0 Å². The lowest BCUT2D eigenvalue weighted by atomic mass is 9.97. The quantitative estimate of drug-likeness (QED) is 0.839. The van der Waals surface area contributed by atoms with Gasteiger partial charge in [0.1, 0.15) is 5.54 Å². The van der Waals surface area contributed by atoms with Gasteiger partial charge in [0.15, 0.2) is 0 Å². The largest absolute Gasteiger partial charge is 0.377 e. The third-order valence-corrected chi connectivity index (χ3v) is 4.60. The van der Waals surface area contributed by atoms with Crippen LogP contribution in [0.5, 0.6) is 0 Å². The molecule has 1 saturated carbocycles. The Hall–Kier alpha value is -0.630. The van der Waals surface area contributed by atoms with Crippen LogP contribution in [0.3, 0.4) is 0 Å². The van der Waals surface area contributed by atoms with Crippen molar-refractivity contribution in [3.05, 3.63) is 0 Å². The van der Waals surface area contributed by atoms with Crippen molar-refractivity contribution in [2.45, 2.75) is 76.6 Å². The number of nitrogens with one attached hydrogen (secondary N) is 1. The number of nitriles is 1. The van der Waals surface area contributed by atoms with Crippen molar-refractivity contribution in [2.75, 3.05) is 19.7 Å². The number of hydrogen-bond donors (Lipinski definition) is 1. The fourth-order valence-electron chi connectivity index (χ4n) is 3.82. The van der Waals surface area contributed by atoms with E-state index in [1.54, 1.807) is 0 Å². The SMILES string of the molecule is CCOC1CCCN(C2CCC(C#N)(NC(C)C)C2)C1. The van der Waals surface area contributed by atoms with Crippen LogP contribution >= 0.6 is 0 Å². The average molecular weight is 279 g/mol. The van der Waals surface area contributed by atoms with Crippen LogP contribution in [0.1, 0.15) is 52.9 Å². The van der Waals surface area contributed by atoms with E-state index in [4.69, 9.17) is 4.74 Å². The Balaban J connectivity index is 1.93. The van der Waals surface area contributed by atoms with Crippen molar-refractivity contribution in [1.29, 1.82) is 5.26 Å². The molecule has 20 heavy (non-hydrogen) atoms. The Bertz CT molecular complexity index is 350. The molecule has 0 aromatic heterocycles. The highest BCUT2D eigenvalue weighted by molar-refractivity contribution is 5.14. The second-order valence-corrected chi connectivity index (χ2v) is 6.60. The third-order valence-electron chi connectivity index (χ3n) is 4.60. The Morgan fingerprint density at radius 2 is 2.25 bits per heavy atom. The van der Waals surface area contributed by atoms with Crippen LogP contribution in [0.2, 0.25) is 0 Å². The number of ether oxygens (including phenoxy) is 1.